The highest BCUT2D eigenvalue weighted by molar-refractivity contribution is 6.30. The van der Waals surface area contributed by atoms with Crippen LogP contribution in [0.2, 0.25) is 5.02 Å². The highest BCUT2D eigenvalue weighted by atomic mass is 35.5. The van der Waals surface area contributed by atoms with Gasteiger partial charge in [0.1, 0.15) is 0 Å². The van der Waals surface area contributed by atoms with Gasteiger partial charge in [-0.05, 0) is 37.3 Å². The number of amides is 2. The maximum Gasteiger partial charge on any atom is 0.251 e. The van der Waals surface area contributed by atoms with E-state index < -0.39 is 0 Å². The fourth-order valence-corrected chi connectivity index (χ4v) is 2.56. The van der Waals surface area contributed by atoms with Crippen molar-refractivity contribution in [1.29, 1.82) is 0 Å². The Morgan fingerprint density at radius 2 is 1.68 bits per heavy atom. The number of benzene rings is 2. The summed E-state index contributed by atoms with van der Waals surface area (Å²) >= 11 is 5.87. The number of hydrogen-bond donors (Lipinski definition) is 1. The van der Waals surface area contributed by atoms with Crippen LogP contribution in [0.25, 0.3) is 0 Å². The quantitative estimate of drug-likeness (QED) is 0.805. The fraction of sp³-hybridized carbons (Fsp3) is 0.211. The average Bonchev–Trinajstić information content (AvgIpc) is 2.58. The van der Waals surface area contributed by atoms with Gasteiger partial charge < -0.3 is 10.2 Å². The van der Waals surface area contributed by atoms with Gasteiger partial charge in [-0.1, -0.05) is 29.8 Å². The Labute approximate surface area is 151 Å². The molecular weight excluding hydrogens is 340 g/mol. The van der Waals surface area contributed by atoms with Gasteiger partial charge in [0.05, 0.1) is 0 Å². The molecular formula is C19H19ClN2O3. The van der Waals surface area contributed by atoms with E-state index in [2.05, 4.69) is 5.32 Å². The summed E-state index contributed by atoms with van der Waals surface area (Å²) in [6.45, 7) is 3.49. The van der Waals surface area contributed by atoms with Gasteiger partial charge in [0.15, 0.2) is 5.78 Å². The van der Waals surface area contributed by atoms with Crippen LogP contribution in [-0.4, -0.2) is 30.7 Å². The zero-order valence-electron chi connectivity index (χ0n) is 14.1. The first-order chi connectivity index (χ1) is 11.9. The van der Waals surface area contributed by atoms with Crippen LogP contribution in [0.15, 0.2) is 48.5 Å². The molecule has 0 fully saturated rings. The third-order valence-electron chi connectivity index (χ3n) is 3.65. The fourth-order valence-electron chi connectivity index (χ4n) is 2.37. The van der Waals surface area contributed by atoms with Crippen LogP contribution in [0.3, 0.4) is 0 Å². The van der Waals surface area contributed by atoms with Gasteiger partial charge in [0.25, 0.3) is 5.91 Å². The van der Waals surface area contributed by atoms with E-state index in [1.165, 1.54) is 18.7 Å². The number of ketones is 1. The number of nitrogens with zero attached hydrogens (tertiary/aromatic N) is 1. The summed E-state index contributed by atoms with van der Waals surface area (Å²) in [4.78, 5) is 37.1. The standard InChI is InChI=1S/C19H19ClN2O3/c1-13(23)15-5-4-8-18(12-15)22(14(2)24)10-9-21-19(25)16-6-3-7-17(20)11-16/h3-8,11-12H,9-10H2,1-2H3,(H,21,25). The molecule has 1 N–H and O–H groups in total. The molecule has 5 nitrogen and oxygen atoms in total. The lowest BCUT2D eigenvalue weighted by Gasteiger charge is -2.22. The summed E-state index contributed by atoms with van der Waals surface area (Å²) in [5, 5.41) is 3.25. The first kappa shape index (κ1) is 18.7. The van der Waals surface area contributed by atoms with E-state index in [9.17, 15) is 14.4 Å². The minimum absolute atomic E-state index is 0.0698. The highest BCUT2D eigenvalue weighted by Gasteiger charge is 2.13. The van der Waals surface area contributed by atoms with Gasteiger partial charge in [-0.2, -0.15) is 0 Å². The van der Waals surface area contributed by atoms with Crippen LogP contribution < -0.4 is 10.2 Å². The van der Waals surface area contributed by atoms with E-state index in [0.717, 1.165) is 0 Å². The predicted octanol–water partition coefficient (Wildman–Crippen LogP) is 3.33. The molecule has 0 aliphatic heterocycles. The molecule has 0 radical (unpaired) electrons. The summed E-state index contributed by atoms with van der Waals surface area (Å²) in [5.41, 5.74) is 1.62. The van der Waals surface area contributed by atoms with Crippen molar-refractivity contribution in [1.82, 2.24) is 5.32 Å². The van der Waals surface area contributed by atoms with Crippen LogP contribution in [0.1, 0.15) is 34.6 Å². The third kappa shape index (κ3) is 5.16. The van der Waals surface area contributed by atoms with E-state index in [0.29, 0.717) is 28.4 Å². The number of nitrogens with one attached hydrogen (secondary N) is 1. The van der Waals surface area contributed by atoms with Crippen molar-refractivity contribution in [3.05, 3.63) is 64.7 Å². The van der Waals surface area contributed by atoms with E-state index in [1.807, 2.05) is 0 Å². The van der Waals surface area contributed by atoms with Crippen molar-refractivity contribution < 1.29 is 14.4 Å². The topological polar surface area (TPSA) is 66.5 Å². The number of anilines is 1. The maximum absolute atomic E-state index is 12.1. The first-order valence-electron chi connectivity index (χ1n) is 7.81. The van der Waals surface area contributed by atoms with E-state index in [4.69, 9.17) is 11.6 Å². The molecule has 0 aliphatic carbocycles. The molecule has 130 valence electrons. The minimum Gasteiger partial charge on any atom is -0.350 e. The summed E-state index contributed by atoms with van der Waals surface area (Å²) in [7, 11) is 0. The normalized spacial score (nSPS) is 10.2. The van der Waals surface area contributed by atoms with Gasteiger partial charge in [-0.15, -0.1) is 0 Å². The Morgan fingerprint density at radius 3 is 2.32 bits per heavy atom. The second-order valence-electron chi connectivity index (χ2n) is 5.54. The van der Waals surface area contributed by atoms with E-state index in [1.54, 1.807) is 48.5 Å². The Hall–Kier alpha value is -2.66. The molecule has 2 aromatic rings. The van der Waals surface area contributed by atoms with Gasteiger partial charge in [-0.25, -0.2) is 0 Å². The van der Waals surface area contributed by atoms with Crippen molar-refractivity contribution in [3.8, 4) is 0 Å². The first-order valence-corrected chi connectivity index (χ1v) is 8.19. The van der Waals surface area contributed by atoms with Gasteiger partial charge in [0, 0.05) is 41.9 Å². The molecule has 0 aliphatic rings. The zero-order chi connectivity index (χ0) is 18.4. The van der Waals surface area contributed by atoms with Crippen LogP contribution in [-0.2, 0) is 4.79 Å². The molecule has 2 amide bonds. The van der Waals surface area contributed by atoms with Crippen LogP contribution in [0.4, 0.5) is 5.69 Å². The number of hydrogen-bond acceptors (Lipinski definition) is 3. The van der Waals surface area contributed by atoms with Gasteiger partial charge in [-0.3, -0.25) is 14.4 Å². The molecule has 0 bridgehead atoms. The molecule has 0 unspecified atom stereocenters. The molecule has 2 aromatic carbocycles. The smallest absolute Gasteiger partial charge is 0.251 e. The molecule has 0 spiro atoms. The molecule has 0 saturated heterocycles. The maximum atomic E-state index is 12.1. The van der Waals surface area contributed by atoms with E-state index in [-0.39, 0.29) is 24.1 Å². The molecule has 6 heteroatoms. The molecule has 2 rings (SSSR count). The summed E-state index contributed by atoms with van der Waals surface area (Å²) in [6.07, 6.45) is 0. The highest BCUT2D eigenvalue weighted by Crippen LogP contribution is 2.17. The second-order valence-corrected chi connectivity index (χ2v) is 5.98. The van der Waals surface area contributed by atoms with Crippen LogP contribution in [0, 0.1) is 0 Å². The van der Waals surface area contributed by atoms with Crippen molar-refractivity contribution >= 4 is 34.9 Å². The van der Waals surface area contributed by atoms with Crippen LogP contribution >= 0.6 is 11.6 Å². The second kappa shape index (κ2) is 8.44. The van der Waals surface area contributed by atoms with E-state index >= 15 is 0 Å². The van der Waals surface area contributed by atoms with Gasteiger partial charge in [0.2, 0.25) is 5.91 Å². The Morgan fingerprint density at radius 1 is 1.00 bits per heavy atom. The molecule has 0 heterocycles. The summed E-state index contributed by atoms with van der Waals surface area (Å²) < 4.78 is 0. The molecule has 0 saturated carbocycles. The largest absolute Gasteiger partial charge is 0.350 e. The SMILES string of the molecule is CC(=O)c1cccc(N(CCNC(=O)c2cccc(Cl)c2)C(C)=O)c1. The summed E-state index contributed by atoms with van der Waals surface area (Å²) in [5.74, 6) is -0.499. The van der Waals surface area contributed by atoms with Crippen molar-refractivity contribution in [2.45, 2.75) is 13.8 Å². The van der Waals surface area contributed by atoms with Crippen LogP contribution in [0.5, 0.6) is 0 Å². The summed E-state index contributed by atoms with van der Waals surface area (Å²) in [6, 6.07) is 13.5. The number of Topliss-reactive ketones (excluding diaryl/α,β-unsaturated/α-hetero) is 1. The molecule has 0 atom stereocenters. The third-order valence-corrected chi connectivity index (χ3v) is 3.89. The van der Waals surface area contributed by atoms with Gasteiger partial charge >= 0.3 is 0 Å². The lowest BCUT2D eigenvalue weighted by Crippen LogP contribution is -2.37. The monoisotopic (exact) mass is 358 g/mol. The Balaban J connectivity index is 2.03. The predicted molar refractivity (Wildman–Crippen MR) is 98.3 cm³/mol. The lowest BCUT2D eigenvalue weighted by molar-refractivity contribution is -0.116. The number of carbonyl (C=O) groups is 3. The van der Waals surface area contributed by atoms with Crippen molar-refractivity contribution in [2.75, 3.05) is 18.0 Å². The zero-order valence-corrected chi connectivity index (χ0v) is 14.8. The Bertz CT molecular complexity index is 805. The number of carbonyl (C=O) groups excluding carboxylic acids is 3. The number of rotatable bonds is 6. The minimum atomic E-state index is -0.261. The Kier molecular flexibility index (Phi) is 6.31. The molecule has 0 aromatic heterocycles. The molecule has 25 heavy (non-hydrogen) atoms. The average molecular weight is 359 g/mol. The van der Waals surface area contributed by atoms with Crippen molar-refractivity contribution in [3.63, 3.8) is 0 Å². The number of halogens is 1. The van der Waals surface area contributed by atoms with Crippen molar-refractivity contribution in [2.24, 2.45) is 0 Å². The lowest BCUT2D eigenvalue weighted by atomic mass is 10.1.